The minimum absolute atomic E-state index is 0.0290. The van der Waals surface area contributed by atoms with E-state index in [4.69, 9.17) is 0 Å². The molecule has 4 unspecified atom stereocenters. The van der Waals surface area contributed by atoms with Crippen LogP contribution in [0.4, 0.5) is 0 Å². The van der Waals surface area contributed by atoms with Crippen molar-refractivity contribution in [1.82, 2.24) is 4.90 Å². The number of aliphatic carboxylic acids is 1. The maximum Gasteiger partial charge on any atom is 0.325 e. The molecule has 0 saturated heterocycles. The number of carboxylic acid groups (broad SMARTS) is 1. The fraction of sp³-hybridized carbons (Fsp3) is 0.615. The summed E-state index contributed by atoms with van der Waals surface area (Å²) in [7, 11) is 2.74. The standard InChI is InChI=1S/C13H17NO5/c1-14(6-9(15)19-2)12(16)10-7-3-4-8(5-7)11(10)13(17)18/h3-4,7-8,10-11H,5-6H2,1-2H3,(H,17,18). The first-order chi connectivity index (χ1) is 8.95. The zero-order valence-corrected chi connectivity index (χ0v) is 10.9. The van der Waals surface area contributed by atoms with Gasteiger partial charge in [0, 0.05) is 7.05 Å². The topological polar surface area (TPSA) is 83.9 Å². The average molecular weight is 267 g/mol. The van der Waals surface area contributed by atoms with Gasteiger partial charge in [-0.2, -0.15) is 0 Å². The molecule has 19 heavy (non-hydrogen) atoms. The van der Waals surface area contributed by atoms with E-state index in [0.717, 1.165) is 0 Å². The number of methoxy groups -OCH3 is 1. The Morgan fingerprint density at radius 3 is 2.37 bits per heavy atom. The van der Waals surface area contributed by atoms with E-state index in [9.17, 15) is 19.5 Å². The normalized spacial score (nSPS) is 31.3. The van der Waals surface area contributed by atoms with Crippen LogP contribution in [0.2, 0.25) is 0 Å². The number of rotatable bonds is 4. The predicted molar refractivity (Wildman–Crippen MR) is 65.0 cm³/mol. The first-order valence-electron chi connectivity index (χ1n) is 6.18. The van der Waals surface area contributed by atoms with Gasteiger partial charge in [-0.25, -0.2) is 0 Å². The number of hydrogen-bond donors (Lipinski definition) is 1. The van der Waals surface area contributed by atoms with E-state index in [1.807, 2.05) is 12.2 Å². The van der Waals surface area contributed by atoms with Crippen LogP contribution in [0.5, 0.6) is 0 Å². The molecule has 1 saturated carbocycles. The molecule has 0 aliphatic heterocycles. The van der Waals surface area contributed by atoms with Gasteiger partial charge in [-0.05, 0) is 18.3 Å². The van der Waals surface area contributed by atoms with Crippen molar-refractivity contribution in [2.24, 2.45) is 23.7 Å². The van der Waals surface area contributed by atoms with E-state index in [2.05, 4.69) is 4.74 Å². The van der Waals surface area contributed by atoms with Crippen molar-refractivity contribution in [2.75, 3.05) is 20.7 Å². The first kappa shape index (κ1) is 13.6. The molecule has 2 bridgehead atoms. The molecule has 0 spiro atoms. The monoisotopic (exact) mass is 267 g/mol. The van der Waals surface area contributed by atoms with Gasteiger partial charge in [-0.1, -0.05) is 12.2 Å². The number of amides is 1. The van der Waals surface area contributed by atoms with Crippen LogP contribution in [0.15, 0.2) is 12.2 Å². The number of carboxylic acids is 1. The minimum Gasteiger partial charge on any atom is -0.481 e. The number of carbonyl (C=O) groups is 3. The fourth-order valence-corrected chi connectivity index (χ4v) is 3.09. The lowest BCUT2D eigenvalue weighted by Gasteiger charge is -2.27. The lowest BCUT2D eigenvalue weighted by molar-refractivity contribution is -0.153. The Bertz CT molecular complexity index is 444. The molecule has 0 heterocycles. The molecule has 1 N–H and O–H groups in total. The lowest BCUT2D eigenvalue weighted by Crippen LogP contribution is -2.43. The number of likely N-dealkylation sites (N-methyl/N-ethyl adjacent to an activating group) is 1. The molecule has 1 amide bonds. The van der Waals surface area contributed by atoms with Gasteiger partial charge in [-0.15, -0.1) is 0 Å². The molecular formula is C13H17NO5. The van der Waals surface area contributed by atoms with Crippen molar-refractivity contribution >= 4 is 17.8 Å². The lowest BCUT2D eigenvalue weighted by atomic mass is 9.82. The highest BCUT2D eigenvalue weighted by molar-refractivity contribution is 5.88. The largest absolute Gasteiger partial charge is 0.481 e. The number of allylic oxidation sites excluding steroid dienone is 2. The van der Waals surface area contributed by atoms with Gasteiger partial charge in [-0.3, -0.25) is 14.4 Å². The van der Waals surface area contributed by atoms with Gasteiger partial charge >= 0.3 is 11.9 Å². The van der Waals surface area contributed by atoms with Crippen molar-refractivity contribution in [3.8, 4) is 0 Å². The highest BCUT2D eigenvalue weighted by Crippen LogP contribution is 2.48. The van der Waals surface area contributed by atoms with Crippen LogP contribution in [0.3, 0.4) is 0 Å². The Morgan fingerprint density at radius 1 is 1.26 bits per heavy atom. The van der Waals surface area contributed by atoms with Gasteiger partial charge < -0.3 is 14.7 Å². The summed E-state index contributed by atoms with van der Waals surface area (Å²) in [6, 6.07) is 0. The van der Waals surface area contributed by atoms with Crippen molar-refractivity contribution in [1.29, 1.82) is 0 Å². The van der Waals surface area contributed by atoms with E-state index < -0.39 is 23.8 Å². The summed E-state index contributed by atoms with van der Waals surface area (Å²) < 4.78 is 4.51. The van der Waals surface area contributed by atoms with Crippen molar-refractivity contribution < 1.29 is 24.2 Å². The Hall–Kier alpha value is -1.85. The second-order valence-electron chi connectivity index (χ2n) is 5.11. The Morgan fingerprint density at radius 2 is 1.84 bits per heavy atom. The minimum atomic E-state index is -0.943. The fourth-order valence-electron chi connectivity index (χ4n) is 3.09. The zero-order valence-electron chi connectivity index (χ0n) is 10.9. The maximum atomic E-state index is 12.3. The first-order valence-corrected chi connectivity index (χ1v) is 6.18. The van der Waals surface area contributed by atoms with Crippen LogP contribution in [0.25, 0.3) is 0 Å². The predicted octanol–water partition coefficient (Wildman–Crippen LogP) is 0.141. The van der Waals surface area contributed by atoms with Gasteiger partial charge in [0.1, 0.15) is 6.54 Å². The Labute approximate surface area is 111 Å². The van der Waals surface area contributed by atoms with Crippen LogP contribution in [-0.2, 0) is 19.1 Å². The van der Waals surface area contributed by atoms with E-state index in [0.29, 0.717) is 6.42 Å². The number of carbonyl (C=O) groups excluding carboxylic acids is 2. The second kappa shape index (κ2) is 5.03. The summed E-state index contributed by atoms with van der Waals surface area (Å²) in [5, 5.41) is 9.27. The number of fused-ring (bicyclic) bond motifs is 2. The molecular weight excluding hydrogens is 250 g/mol. The van der Waals surface area contributed by atoms with Crippen LogP contribution < -0.4 is 0 Å². The highest BCUT2D eigenvalue weighted by Gasteiger charge is 2.52. The summed E-state index contributed by atoms with van der Waals surface area (Å²) in [6.07, 6.45) is 4.51. The van der Waals surface area contributed by atoms with Gasteiger partial charge in [0.05, 0.1) is 18.9 Å². The summed E-state index contributed by atoms with van der Waals surface area (Å²) in [5.41, 5.74) is 0. The molecule has 2 aliphatic carbocycles. The third-order valence-electron chi connectivity index (χ3n) is 4.00. The third kappa shape index (κ3) is 2.34. The Balaban J connectivity index is 2.12. The molecule has 0 aromatic carbocycles. The Kier molecular flexibility index (Phi) is 3.59. The summed E-state index contributed by atoms with van der Waals surface area (Å²) in [5.74, 6) is -3.09. The molecule has 0 aromatic heterocycles. The maximum absolute atomic E-state index is 12.3. The van der Waals surface area contributed by atoms with E-state index >= 15 is 0 Å². The summed E-state index contributed by atoms with van der Waals surface area (Å²) >= 11 is 0. The van der Waals surface area contributed by atoms with E-state index in [-0.39, 0.29) is 24.3 Å². The van der Waals surface area contributed by atoms with Gasteiger partial charge in [0.15, 0.2) is 0 Å². The van der Waals surface area contributed by atoms with Crippen molar-refractivity contribution in [2.45, 2.75) is 6.42 Å². The van der Waals surface area contributed by atoms with Crippen LogP contribution in [0.1, 0.15) is 6.42 Å². The molecule has 0 radical (unpaired) electrons. The molecule has 2 rings (SSSR count). The number of esters is 1. The van der Waals surface area contributed by atoms with E-state index in [1.165, 1.54) is 19.1 Å². The molecule has 0 aromatic rings. The number of ether oxygens (including phenoxy) is 1. The highest BCUT2D eigenvalue weighted by atomic mass is 16.5. The molecule has 104 valence electrons. The van der Waals surface area contributed by atoms with Crippen molar-refractivity contribution in [3.63, 3.8) is 0 Å². The second-order valence-corrected chi connectivity index (χ2v) is 5.11. The van der Waals surface area contributed by atoms with Gasteiger partial charge in [0.2, 0.25) is 5.91 Å². The molecule has 1 fully saturated rings. The SMILES string of the molecule is COC(=O)CN(C)C(=O)C1C2C=CC(C2)C1C(=O)O. The molecule has 2 aliphatic rings. The van der Waals surface area contributed by atoms with Crippen LogP contribution in [-0.4, -0.2) is 48.6 Å². The van der Waals surface area contributed by atoms with Gasteiger partial charge in [0.25, 0.3) is 0 Å². The average Bonchev–Trinajstić information content (AvgIpc) is 2.97. The number of hydrogen-bond acceptors (Lipinski definition) is 4. The summed E-state index contributed by atoms with van der Waals surface area (Å²) in [6.45, 7) is -0.153. The summed E-state index contributed by atoms with van der Waals surface area (Å²) in [4.78, 5) is 36.1. The van der Waals surface area contributed by atoms with Crippen LogP contribution >= 0.6 is 0 Å². The third-order valence-corrected chi connectivity index (χ3v) is 4.00. The quantitative estimate of drug-likeness (QED) is 0.578. The molecule has 6 heteroatoms. The number of nitrogens with zero attached hydrogens (tertiary/aromatic N) is 1. The smallest absolute Gasteiger partial charge is 0.325 e. The molecule has 6 nitrogen and oxygen atoms in total. The zero-order chi connectivity index (χ0) is 14.2. The molecule has 4 atom stereocenters. The van der Waals surface area contributed by atoms with Crippen LogP contribution in [0, 0.1) is 23.7 Å². The van der Waals surface area contributed by atoms with Crippen molar-refractivity contribution in [3.05, 3.63) is 12.2 Å². The van der Waals surface area contributed by atoms with E-state index in [1.54, 1.807) is 0 Å².